The molecule has 6 heteroatoms. The lowest BCUT2D eigenvalue weighted by atomic mass is 10.1. The van der Waals surface area contributed by atoms with Gasteiger partial charge in [-0.2, -0.15) is 5.10 Å². The number of hydrazine groups is 1. The van der Waals surface area contributed by atoms with E-state index in [4.69, 9.17) is 5.84 Å². The Morgan fingerprint density at radius 3 is 2.89 bits per heavy atom. The molecular weight excluding hydrogens is 294 g/mol. The van der Waals surface area contributed by atoms with Crippen LogP contribution in [0, 0.1) is 0 Å². The van der Waals surface area contributed by atoms with E-state index in [0.29, 0.717) is 0 Å². The molecule has 0 aliphatic rings. The van der Waals surface area contributed by atoms with Gasteiger partial charge in [-0.3, -0.25) is 20.9 Å². The monoisotopic (exact) mass is 309 g/mol. The third-order valence-electron chi connectivity index (χ3n) is 2.88. The molecule has 0 radical (unpaired) electrons. The maximum absolute atomic E-state index is 5.63. The van der Waals surface area contributed by atoms with E-state index in [-0.39, 0.29) is 6.04 Å². The first kappa shape index (κ1) is 13.2. The quantitative estimate of drug-likeness (QED) is 0.652. The van der Waals surface area contributed by atoms with Crippen molar-refractivity contribution in [1.29, 1.82) is 0 Å². The van der Waals surface area contributed by atoms with E-state index < -0.39 is 0 Å². The fourth-order valence-electron chi connectivity index (χ4n) is 1.95. The van der Waals surface area contributed by atoms with Crippen molar-refractivity contribution in [3.05, 3.63) is 46.5 Å². The van der Waals surface area contributed by atoms with Crippen molar-refractivity contribution in [1.82, 2.24) is 20.2 Å². The highest BCUT2D eigenvalue weighted by molar-refractivity contribution is 9.10. The smallest absolute Gasteiger partial charge is 0.0705 e. The van der Waals surface area contributed by atoms with Gasteiger partial charge in [-0.15, -0.1) is 0 Å². The summed E-state index contributed by atoms with van der Waals surface area (Å²) < 4.78 is 2.79. The largest absolute Gasteiger partial charge is 0.271 e. The van der Waals surface area contributed by atoms with Crippen molar-refractivity contribution in [3.8, 4) is 0 Å². The minimum Gasteiger partial charge on any atom is -0.271 e. The number of hydrogen-bond donors (Lipinski definition) is 2. The van der Waals surface area contributed by atoms with Crippen molar-refractivity contribution in [2.24, 2.45) is 12.9 Å². The topological polar surface area (TPSA) is 68.8 Å². The van der Waals surface area contributed by atoms with Crippen LogP contribution in [0.4, 0.5) is 0 Å². The summed E-state index contributed by atoms with van der Waals surface area (Å²) in [7, 11) is 1.91. The van der Waals surface area contributed by atoms with Gasteiger partial charge in [-0.1, -0.05) is 6.07 Å². The molecule has 0 spiro atoms. The van der Waals surface area contributed by atoms with E-state index in [1.54, 1.807) is 12.4 Å². The zero-order valence-electron chi connectivity index (χ0n) is 10.2. The fraction of sp³-hybridized carbons (Fsp3) is 0.333. The molecule has 0 aromatic carbocycles. The lowest BCUT2D eigenvalue weighted by Gasteiger charge is -2.16. The molecule has 5 nitrogen and oxygen atoms in total. The molecule has 18 heavy (non-hydrogen) atoms. The predicted molar refractivity (Wildman–Crippen MR) is 73.5 cm³/mol. The number of nitrogens with zero attached hydrogens (tertiary/aromatic N) is 3. The van der Waals surface area contributed by atoms with E-state index in [0.717, 1.165) is 28.7 Å². The van der Waals surface area contributed by atoms with Gasteiger partial charge in [0.1, 0.15) is 0 Å². The lowest BCUT2D eigenvalue weighted by molar-refractivity contribution is 0.477. The molecule has 0 aliphatic heterocycles. The van der Waals surface area contributed by atoms with Gasteiger partial charge < -0.3 is 0 Å². The summed E-state index contributed by atoms with van der Waals surface area (Å²) in [4.78, 5) is 4.31. The van der Waals surface area contributed by atoms with Gasteiger partial charge in [-0.05, 0) is 40.9 Å². The third-order valence-corrected chi connectivity index (χ3v) is 3.50. The molecule has 1 atom stereocenters. The van der Waals surface area contributed by atoms with E-state index >= 15 is 0 Å². The van der Waals surface area contributed by atoms with Gasteiger partial charge in [0.05, 0.1) is 22.4 Å². The summed E-state index contributed by atoms with van der Waals surface area (Å²) in [5, 5.41) is 4.20. The molecule has 2 aromatic rings. The molecule has 96 valence electrons. The van der Waals surface area contributed by atoms with Gasteiger partial charge in [0.15, 0.2) is 0 Å². The molecule has 0 saturated heterocycles. The second-order valence-electron chi connectivity index (χ2n) is 4.08. The van der Waals surface area contributed by atoms with Crippen LogP contribution in [0.5, 0.6) is 0 Å². The zero-order valence-corrected chi connectivity index (χ0v) is 11.8. The molecule has 0 saturated carbocycles. The highest BCUT2D eigenvalue weighted by Gasteiger charge is 2.17. The Labute approximate surface area is 115 Å². The minimum absolute atomic E-state index is 0.0499. The lowest BCUT2D eigenvalue weighted by Crippen LogP contribution is -2.30. The van der Waals surface area contributed by atoms with E-state index in [1.807, 2.05) is 29.9 Å². The number of aryl methyl sites for hydroxylation is 2. The third kappa shape index (κ3) is 2.95. The van der Waals surface area contributed by atoms with Crippen LogP contribution >= 0.6 is 15.9 Å². The number of nitrogens with two attached hydrogens (primary N) is 1. The standard InChI is InChI=1S/C12H16BrN5/c1-18-12(10(13)8-16-18)11(17-14)6-5-9-4-2-3-7-15-9/h2-4,7-8,11,17H,5-6,14H2,1H3. The van der Waals surface area contributed by atoms with Crippen LogP contribution in [0.3, 0.4) is 0 Å². The Balaban J connectivity index is 2.07. The van der Waals surface area contributed by atoms with Gasteiger partial charge in [0.25, 0.3) is 0 Å². The van der Waals surface area contributed by atoms with Crippen LogP contribution in [0.2, 0.25) is 0 Å². The van der Waals surface area contributed by atoms with Crippen molar-refractivity contribution < 1.29 is 0 Å². The molecule has 0 fully saturated rings. The number of nitrogens with one attached hydrogen (secondary N) is 1. The second-order valence-corrected chi connectivity index (χ2v) is 4.93. The molecule has 2 rings (SSSR count). The Morgan fingerprint density at radius 2 is 2.33 bits per heavy atom. The van der Waals surface area contributed by atoms with Gasteiger partial charge in [-0.25, -0.2) is 0 Å². The molecule has 1 unspecified atom stereocenters. The first-order chi connectivity index (χ1) is 8.72. The van der Waals surface area contributed by atoms with Crippen LogP contribution in [0.1, 0.15) is 23.9 Å². The van der Waals surface area contributed by atoms with Gasteiger partial charge in [0.2, 0.25) is 0 Å². The van der Waals surface area contributed by atoms with Gasteiger partial charge >= 0.3 is 0 Å². The molecule has 3 N–H and O–H groups in total. The number of halogens is 1. The Hall–Kier alpha value is -1.24. The fourth-order valence-corrected chi connectivity index (χ4v) is 2.57. The highest BCUT2D eigenvalue weighted by atomic mass is 79.9. The Morgan fingerprint density at radius 1 is 1.50 bits per heavy atom. The molecule has 2 aromatic heterocycles. The summed E-state index contributed by atoms with van der Waals surface area (Å²) in [6.07, 6.45) is 5.32. The Kier molecular flexibility index (Phi) is 4.46. The average molecular weight is 310 g/mol. The number of aromatic nitrogens is 3. The number of pyridine rings is 1. The summed E-state index contributed by atoms with van der Waals surface area (Å²) in [5.74, 6) is 5.63. The average Bonchev–Trinajstić information content (AvgIpc) is 2.73. The maximum Gasteiger partial charge on any atom is 0.0705 e. The van der Waals surface area contributed by atoms with Crippen LogP contribution < -0.4 is 11.3 Å². The molecule has 0 bridgehead atoms. The van der Waals surface area contributed by atoms with Crippen molar-refractivity contribution in [2.45, 2.75) is 18.9 Å². The minimum atomic E-state index is 0.0499. The summed E-state index contributed by atoms with van der Waals surface area (Å²) in [6.45, 7) is 0. The van der Waals surface area contributed by atoms with Crippen LogP contribution in [-0.4, -0.2) is 14.8 Å². The van der Waals surface area contributed by atoms with E-state index in [2.05, 4.69) is 31.4 Å². The maximum atomic E-state index is 5.63. The van der Waals surface area contributed by atoms with Crippen molar-refractivity contribution in [2.75, 3.05) is 0 Å². The molecule has 0 aliphatic carbocycles. The summed E-state index contributed by atoms with van der Waals surface area (Å²) in [6, 6.07) is 5.98. The van der Waals surface area contributed by atoms with Gasteiger partial charge in [0, 0.05) is 18.9 Å². The predicted octanol–water partition coefficient (Wildman–Crippen LogP) is 1.71. The summed E-state index contributed by atoms with van der Waals surface area (Å²) >= 11 is 3.49. The van der Waals surface area contributed by atoms with Crippen LogP contribution in [0.15, 0.2) is 35.1 Å². The van der Waals surface area contributed by atoms with Crippen LogP contribution in [-0.2, 0) is 13.5 Å². The molecule has 2 heterocycles. The highest BCUT2D eigenvalue weighted by Crippen LogP contribution is 2.25. The first-order valence-corrected chi connectivity index (χ1v) is 6.55. The number of hydrogen-bond acceptors (Lipinski definition) is 4. The molecular formula is C12H16BrN5. The van der Waals surface area contributed by atoms with E-state index in [9.17, 15) is 0 Å². The van der Waals surface area contributed by atoms with Crippen LogP contribution in [0.25, 0.3) is 0 Å². The molecule has 0 amide bonds. The number of rotatable bonds is 5. The van der Waals surface area contributed by atoms with Crippen molar-refractivity contribution in [3.63, 3.8) is 0 Å². The van der Waals surface area contributed by atoms with E-state index in [1.165, 1.54) is 0 Å². The summed E-state index contributed by atoms with van der Waals surface area (Å²) in [5.41, 5.74) is 4.95. The van der Waals surface area contributed by atoms with Crippen molar-refractivity contribution >= 4 is 15.9 Å². The first-order valence-electron chi connectivity index (χ1n) is 5.75. The normalized spacial score (nSPS) is 12.6. The Bertz CT molecular complexity index is 477. The SMILES string of the molecule is Cn1ncc(Br)c1C(CCc1ccccn1)NN. The zero-order chi connectivity index (χ0) is 13.0. The second kappa shape index (κ2) is 6.08.